The van der Waals surface area contributed by atoms with E-state index in [1.165, 1.54) is 12.1 Å². The summed E-state index contributed by atoms with van der Waals surface area (Å²) in [6.07, 6.45) is 2.96. The standard InChI is InChI=1S/C15H19N3O5/c1-10-4-2-3-7-17(10)14(19)9-23-15(20)11-5-6-12(16)13(8-11)18(21)22/h5-6,8,10H,2-4,7,9,16H2,1H3/t10-/m0/s1. The number of ether oxygens (including phenoxy) is 1. The summed E-state index contributed by atoms with van der Waals surface area (Å²) in [5, 5.41) is 10.8. The van der Waals surface area contributed by atoms with Crippen LogP contribution in [0.25, 0.3) is 0 Å². The zero-order valence-electron chi connectivity index (χ0n) is 12.9. The molecule has 8 nitrogen and oxygen atoms in total. The molecule has 0 aromatic heterocycles. The SMILES string of the molecule is C[C@H]1CCCCN1C(=O)COC(=O)c1ccc(N)c([N+](=O)[O-])c1. The molecular formula is C15H19N3O5. The Bertz CT molecular complexity index is 632. The molecule has 0 saturated carbocycles. The van der Waals surface area contributed by atoms with Crippen molar-refractivity contribution in [2.45, 2.75) is 32.2 Å². The van der Waals surface area contributed by atoms with E-state index >= 15 is 0 Å². The fourth-order valence-electron chi connectivity index (χ4n) is 2.59. The molecule has 0 aliphatic carbocycles. The van der Waals surface area contributed by atoms with Gasteiger partial charge in [0.1, 0.15) is 5.69 Å². The molecule has 1 aliphatic rings. The Morgan fingerprint density at radius 2 is 2.17 bits per heavy atom. The zero-order valence-corrected chi connectivity index (χ0v) is 12.9. The van der Waals surface area contributed by atoms with Gasteiger partial charge in [-0.05, 0) is 38.3 Å². The third-order valence-corrected chi connectivity index (χ3v) is 3.91. The molecule has 0 radical (unpaired) electrons. The van der Waals surface area contributed by atoms with Crippen LogP contribution in [0.2, 0.25) is 0 Å². The average molecular weight is 321 g/mol. The third-order valence-electron chi connectivity index (χ3n) is 3.91. The second kappa shape index (κ2) is 7.08. The summed E-state index contributed by atoms with van der Waals surface area (Å²) in [5.41, 5.74) is 5.06. The Balaban J connectivity index is 1.98. The minimum Gasteiger partial charge on any atom is -0.452 e. The summed E-state index contributed by atoms with van der Waals surface area (Å²) >= 11 is 0. The van der Waals surface area contributed by atoms with E-state index in [4.69, 9.17) is 10.5 Å². The van der Waals surface area contributed by atoms with Crippen LogP contribution < -0.4 is 5.73 Å². The van der Waals surface area contributed by atoms with Crippen molar-refractivity contribution in [1.29, 1.82) is 0 Å². The molecule has 1 aromatic rings. The van der Waals surface area contributed by atoms with E-state index in [-0.39, 0.29) is 35.5 Å². The molecule has 0 unspecified atom stereocenters. The number of nitrogen functional groups attached to an aromatic ring is 1. The normalized spacial score (nSPS) is 17.6. The van der Waals surface area contributed by atoms with Crippen LogP contribution in [0, 0.1) is 10.1 Å². The molecule has 1 aromatic carbocycles. The maximum Gasteiger partial charge on any atom is 0.338 e. The molecule has 0 spiro atoms. The lowest BCUT2D eigenvalue weighted by molar-refractivity contribution is -0.383. The first-order chi connectivity index (χ1) is 10.9. The van der Waals surface area contributed by atoms with E-state index in [0.29, 0.717) is 6.54 Å². The molecule has 1 fully saturated rings. The summed E-state index contributed by atoms with van der Waals surface area (Å²) in [6.45, 7) is 2.24. The number of nitro groups is 1. The van der Waals surface area contributed by atoms with Crippen LogP contribution in [-0.4, -0.2) is 40.9 Å². The molecule has 1 saturated heterocycles. The lowest BCUT2D eigenvalue weighted by atomic mass is 10.0. The highest BCUT2D eigenvalue weighted by atomic mass is 16.6. The summed E-state index contributed by atoms with van der Waals surface area (Å²) in [6, 6.07) is 3.78. The number of hydrogen-bond acceptors (Lipinski definition) is 6. The van der Waals surface area contributed by atoms with Gasteiger partial charge in [0.25, 0.3) is 11.6 Å². The van der Waals surface area contributed by atoms with Gasteiger partial charge in [-0.25, -0.2) is 4.79 Å². The van der Waals surface area contributed by atoms with Crippen LogP contribution in [0.3, 0.4) is 0 Å². The molecule has 1 heterocycles. The van der Waals surface area contributed by atoms with Gasteiger partial charge in [-0.2, -0.15) is 0 Å². The second-order valence-electron chi connectivity index (χ2n) is 5.54. The topological polar surface area (TPSA) is 116 Å². The second-order valence-corrected chi connectivity index (χ2v) is 5.54. The van der Waals surface area contributed by atoms with Gasteiger partial charge in [-0.1, -0.05) is 0 Å². The molecule has 1 atom stereocenters. The molecule has 124 valence electrons. The number of nitro benzene ring substituents is 1. The number of nitrogens with two attached hydrogens (primary N) is 1. The van der Waals surface area contributed by atoms with Crippen LogP contribution in [0.5, 0.6) is 0 Å². The number of piperidine rings is 1. The number of esters is 1. The predicted octanol–water partition coefficient (Wildman–Crippen LogP) is 1.73. The van der Waals surface area contributed by atoms with Gasteiger partial charge < -0.3 is 15.4 Å². The number of carbonyl (C=O) groups is 2. The largest absolute Gasteiger partial charge is 0.452 e. The van der Waals surface area contributed by atoms with Crippen molar-refractivity contribution in [3.05, 3.63) is 33.9 Å². The number of anilines is 1. The van der Waals surface area contributed by atoms with Crippen LogP contribution in [-0.2, 0) is 9.53 Å². The smallest absolute Gasteiger partial charge is 0.338 e. The van der Waals surface area contributed by atoms with Crippen molar-refractivity contribution in [1.82, 2.24) is 4.90 Å². The molecule has 2 N–H and O–H groups in total. The Morgan fingerprint density at radius 3 is 2.83 bits per heavy atom. The van der Waals surface area contributed by atoms with Crippen molar-refractivity contribution in [2.75, 3.05) is 18.9 Å². The van der Waals surface area contributed by atoms with Crippen molar-refractivity contribution < 1.29 is 19.2 Å². The summed E-state index contributed by atoms with van der Waals surface area (Å²) < 4.78 is 4.97. The van der Waals surface area contributed by atoms with Crippen LogP contribution in [0.4, 0.5) is 11.4 Å². The summed E-state index contributed by atoms with van der Waals surface area (Å²) in [7, 11) is 0. The first kappa shape index (κ1) is 16.7. The third kappa shape index (κ3) is 3.97. The lowest BCUT2D eigenvalue weighted by Crippen LogP contribution is -2.44. The molecule has 2 rings (SSSR count). The van der Waals surface area contributed by atoms with Gasteiger partial charge in [0.05, 0.1) is 10.5 Å². The van der Waals surface area contributed by atoms with E-state index in [2.05, 4.69) is 0 Å². The Hall–Kier alpha value is -2.64. The highest BCUT2D eigenvalue weighted by Gasteiger charge is 2.24. The Kier molecular flexibility index (Phi) is 5.15. The van der Waals surface area contributed by atoms with Gasteiger partial charge >= 0.3 is 5.97 Å². The molecule has 1 aliphatic heterocycles. The maximum atomic E-state index is 12.1. The van der Waals surface area contributed by atoms with Gasteiger partial charge in [0, 0.05) is 18.7 Å². The number of hydrogen-bond donors (Lipinski definition) is 1. The first-order valence-corrected chi connectivity index (χ1v) is 7.40. The van der Waals surface area contributed by atoms with Crippen molar-refractivity contribution >= 4 is 23.3 Å². The van der Waals surface area contributed by atoms with E-state index in [0.717, 1.165) is 25.3 Å². The average Bonchev–Trinajstić information content (AvgIpc) is 2.52. The highest BCUT2D eigenvalue weighted by molar-refractivity contribution is 5.92. The Morgan fingerprint density at radius 1 is 1.43 bits per heavy atom. The van der Waals surface area contributed by atoms with Gasteiger partial charge in [0.15, 0.2) is 6.61 Å². The minimum absolute atomic E-state index is 0.00890. The van der Waals surface area contributed by atoms with E-state index < -0.39 is 10.9 Å². The van der Waals surface area contributed by atoms with Crippen LogP contribution >= 0.6 is 0 Å². The fraction of sp³-hybridized carbons (Fsp3) is 0.467. The van der Waals surface area contributed by atoms with Crippen LogP contribution in [0.1, 0.15) is 36.5 Å². The van der Waals surface area contributed by atoms with E-state index in [1.54, 1.807) is 4.90 Å². The molecule has 1 amide bonds. The van der Waals surface area contributed by atoms with E-state index in [9.17, 15) is 19.7 Å². The lowest BCUT2D eigenvalue weighted by Gasteiger charge is -2.33. The highest BCUT2D eigenvalue weighted by Crippen LogP contribution is 2.23. The molecule has 23 heavy (non-hydrogen) atoms. The van der Waals surface area contributed by atoms with Crippen LogP contribution in [0.15, 0.2) is 18.2 Å². The monoisotopic (exact) mass is 321 g/mol. The summed E-state index contributed by atoms with van der Waals surface area (Å²) in [4.78, 5) is 35.9. The molecule has 8 heteroatoms. The Labute approximate surface area is 133 Å². The number of likely N-dealkylation sites (tertiary alicyclic amines) is 1. The zero-order chi connectivity index (χ0) is 17.0. The minimum atomic E-state index is -0.786. The summed E-state index contributed by atoms with van der Waals surface area (Å²) in [5.74, 6) is -1.04. The number of carbonyl (C=O) groups excluding carboxylic acids is 2. The molecule has 0 bridgehead atoms. The number of rotatable bonds is 4. The van der Waals surface area contributed by atoms with Crippen molar-refractivity contribution in [2.24, 2.45) is 0 Å². The van der Waals surface area contributed by atoms with Crippen molar-refractivity contribution in [3.63, 3.8) is 0 Å². The molecular weight excluding hydrogens is 302 g/mol. The quantitative estimate of drug-likeness (QED) is 0.391. The maximum absolute atomic E-state index is 12.1. The number of amides is 1. The first-order valence-electron chi connectivity index (χ1n) is 7.40. The number of nitrogens with zero attached hydrogens (tertiary/aromatic N) is 2. The predicted molar refractivity (Wildman–Crippen MR) is 82.8 cm³/mol. The van der Waals surface area contributed by atoms with Crippen molar-refractivity contribution in [3.8, 4) is 0 Å². The fourth-order valence-corrected chi connectivity index (χ4v) is 2.59. The van der Waals surface area contributed by atoms with Gasteiger partial charge in [-0.15, -0.1) is 0 Å². The number of benzene rings is 1. The van der Waals surface area contributed by atoms with Gasteiger partial charge in [-0.3, -0.25) is 14.9 Å². The van der Waals surface area contributed by atoms with Gasteiger partial charge in [0.2, 0.25) is 0 Å². The van der Waals surface area contributed by atoms with E-state index in [1.807, 2.05) is 6.92 Å².